The molecule has 48 nitrogen and oxygen atoms in total. The minimum atomic E-state index is -2.32. The third-order valence-electron chi connectivity index (χ3n) is 21.3. The van der Waals surface area contributed by atoms with E-state index >= 15 is 0 Å². The van der Waals surface area contributed by atoms with E-state index in [0.29, 0.717) is 30.0 Å². The second-order valence-corrected chi connectivity index (χ2v) is 32.3. The lowest BCUT2D eigenvalue weighted by Crippen LogP contribution is -2.68. The number of esters is 1. The van der Waals surface area contributed by atoms with Gasteiger partial charge in [-0.05, 0) is 33.2 Å². The SMILES string of the molecule is CCCNC(=O)[C@@H](CSCC1O[C@@H]2O[C@@H]3C(CO)O[C@@H](O[C@@H]4C(CO)O[C@@H](O[C@@H]5C(CSC[C@@H](NC)C(=O)NCCCCCC(=O)OCn6cc(F)c(=O)[nH]c6=O)O[C@@H](O[C@@H]6C(CO)O[C@H](O[C@@H]7C(CO)O[C@H](O[C@@H]8C(CO)O[C@@H](O[C@H]1[C@@H](O)C2O)C(O)[C@H]8O)C(O)[C@H]7O)C(O)[C@H]6O)C(O)[C@H]5O)C(O)[C@H]4O)C(O)[C@H]3O)CC(=O)COCCOCC(C)=O. The fourth-order valence-corrected chi connectivity index (χ4v) is 16.9. The molecule has 23 N–H and O–H groups in total. The van der Waals surface area contributed by atoms with Crippen LogP contribution in [0.5, 0.6) is 0 Å². The molecule has 0 saturated carbocycles. The molecule has 21 saturated heterocycles. The van der Waals surface area contributed by atoms with E-state index in [1.807, 2.05) is 0 Å². The highest BCUT2D eigenvalue weighted by atomic mass is 32.2. The van der Waals surface area contributed by atoms with Crippen LogP contribution in [-0.2, 0) is 111 Å². The molecule has 21 fully saturated rings. The first-order valence-electron chi connectivity index (χ1n) is 39.7. The van der Waals surface area contributed by atoms with Crippen molar-refractivity contribution < 1.29 is 206 Å². The number of hydrogen-bond acceptors (Lipinski definition) is 46. The lowest BCUT2D eigenvalue weighted by atomic mass is 9.95. The molecule has 37 atom stereocenters. The van der Waals surface area contributed by atoms with Crippen molar-refractivity contribution in [3.63, 3.8) is 0 Å². The number of thioether (sulfide) groups is 2. The number of ether oxygens (including phenoxy) is 17. The number of rotatable bonds is 35. The summed E-state index contributed by atoms with van der Waals surface area (Å²) >= 11 is 1.85. The molecule has 0 aliphatic carbocycles. The van der Waals surface area contributed by atoms with Crippen molar-refractivity contribution in [2.24, 2.45) is 5.92 Å². The van der Waals surface area contributed by atoms with E-state index in [2.05, 4.69) is 16.0 Å². The number of aromatic amines is 1. The van der Waals surface area contributed by atoms with Crippen LogP contribution in [0.4, 0.5) is 4.39 Å². The van der Waals surface area contributed by atoms with Crippen LogP contribution in [-0.4, -0.2) is 460 Å². The standard InChI is InChI=1S/C71H114FN5O43S2/c1-4-9-74-61(100)28(13-29(84)21-105-12-11-104-20-27(2)83)22-121-24-37-59-45(91)52(98)69(112-37)117-57-35(18-81)108-66(48(94)41(57)87)116-56-34(17-80)111-68(51(97)44(56)90)120-60-38(25-122-23-31(73-3)63(102)75-10-7-5-6-8-39(85)106-26-77-14-30(72)62(101)76-71(77)103)113-70(53(99)46(60)92)118-58-36(19-82)109-65(49(95)42(58)88)114-54-32(15-78)107-64(47(93)40(54)86)115-55-33(16-79)110-67(119-59)50(96)43(55)89/h14,28,31-38,40-60,64-70,73,78-82,86-99H,4-13,15-26H2,1-3H3,(H,74,100)(H,75,102)(H,76,101,103)/t28-,31-,32?,33?,34?,35?,36?,37?,38?,40-,41-,42-,43-,44-,45+,46-,47?,48?,49?,50?,51?,52?,53?,54-,55-,56-,57-,58-,59-,60-,64-,65-,66+,67+,68+,69-,70+/m1/s1. The fraction of sp³-hybridized carbons (Fsp3) is 0.873. The molecule has 14 unspecified atom stereocenters. The van der Waals surface area contributed by atoms with Crippen molar-refractivity contribution in [1.82, 2.24) is 25.5 Å². The summed E-state index contributed by atoms with van der Waals surface area (Å²) in [6, 6.07) is -1.00. The molecule has 51 heteroatoms. The molecule has 0 radical (unpaired) electrons. The van der Waals surface area contributed by atoms with Crippen LogP contribution >= 0.6 is 23.5 Å². The van der Waals surface area contributed by atoms with Gasteiger partial charge >= 0.3 is 11.7 Å². The smallest absolute Gasteiger partial charge is 0.331 e. The van der Waals surface area contributed by atoms with Gasteiger partial charge in [0.25, 0.3) is 5.56 Å². The largest absolute Gasteiger partial charge is 0.444 e. The highest BCUT2D eigenvalue weighted by Crippen LogP contribution is 2.40. The van der Waals surface area contributed by atoms with Crippen LogP contribution in [0.1, 0.15) is 52.4 Å². The van der Waals surface area contributed by atoms with Crippen molar-refractivity contribution in [2.45, 2.75) is 280 Å². The van der Waals surface area contributed by atoms with Gasteiger partial charge in [-0.15, -0.1) is 0 Å². The summed E-state index contributed by atoms with van der Waals surface area (Å²) in [7, 11) is 1.44. The monoisotopic (exact) mass is 1810 g/mol. The van der Waals surface area contributed by atoms with Gasteiger partial charge in [-0.1, -0.05) is 13.3 Å². The number of aromatic nitrogens is 2. The molecule has 22 heterocycles. The van der Waals surface area contributed by atoms with Gasteiger partial charge in [-0.25, -0.2) is 4.79 Å². The molecule has 22 rings (SSSR count). The Morgan fingerprint density at radius 2 is 0.811 bits per heavy atom. The van der Waals surface area contributed by atoms with Gasteiger partial charge in [0, 0.05) is 48.9 Å². The van der Waals surface area contributed by atoms with Crippen LogP contribution in [0.2, 0.25) is 0 Å². The first kappa shape index (κ1) is 101. The lowest BCUT2D eigenvalue weighted by molar-refractivity contribution is -0.395. The second-order valence-electron chi connectivity index (χ2n) is 30.2. The summed E-state index contributed by atoms with van der Waals surface area (Å²) in [4.78, 5) is 89.2. The van der Waals surface area contributed by atoms with E-state index < -0.39 is 326 Å². The normalized spacial score (nSPS) is 39.6. The van der Waals surface area contributed by atoms with E-state index in [9.17, 15) is 135 Å². The number of halogens is 1. The van der Waals surface area contributed by atoms with Gasteiger partial charge in [0.2, 0.25) is 17.6 Å². The molecular formula is C71H114FN5O43S2. The number of carbonyl (C=O) groups is 5. The van der Waals surface area contributed by atoms with Crippen LogP contribution < -0.4 is 27.2 Å². The number of unbranched alkanes of at least 4 members (excludes halogenated alkanes) is 2. The fourth-order valence-electron chi connectivity index (χ4n) is 14.5. The third-order valence-corrected chi connectivity index (χ3v) is 23.6. The highest BCUT2D eigenvalue weighted by Gasteiger charge is 2.60. The molecule has 122 heavy (non-hydrogen) atoms. The van der Waals surface area contributed by atoms with E-state index in [-0.39, 0.29) is 68.8 Å². The zero-order valence-electron chi connectivity index (χ0n) is 66.4. The molecule has 0 spiro atoms. The average molecular weight is 1810 g/mol. The molecule has 2 amide bonds. The van der Waals surface area contributed by atoms with E-state index in [1.54, 1.807) is 11.9 Å². The Kier molecular flexibility index (Phi) is 40.1. The van der Waals surface area contributed by atoms with Crippen molar-refractivity contribution in [1.29, 1.82) is 0 Å². The van der Waals surface area contributed by atoms with Gasteiger partial charge in [-0.2, -0.15) is 27.9 Å². The number of nitrogens with zero attached hydrogens (tertiary/aromatic N) is 1. The molecule has 14 bridgehead atoms. The number of hydrogen-bond donors (Lipinski definition) is 23. The zero-order valence-corrected chi connectivity index (χ0v) is 68.1. The Balaban J connectivity index is 0.962. The maximum atomic E-state index is 13.7. The topological polar surface area (TPSA) is 718 Å². The summed E-state index contributed by atoms with van der Waals surface area (Å²) in [5.41, 5.74) is -2.26. The Bertz CT molecular complexity index is 3530. The summed E-state index contributed by atoms with van der Waals surface area (Å²) < 4.78 is 114. The van der Waals surface area contributed by atoms with E-state index in [1.165, 1.54) is 14.0 Å². The summed E-state index contributed by atoms with van der Waals surface area (Å²) in [6.45, 7) is -3.71. The molecule has 1 aromatic rings. The maximum absolute atomic E-state index is 13.7. The molecule has 21 aliphatic rings. The molecule has 1 aromatic heterocycles. The summed E-state index contributed by atoms with van der Waals surface area (Å²) in [5, 5.41) is 228. The number of aliphatic hydroxyl groups is 19. The van der Waals surface area contributed by atoms with Crippen molar-refractivity contribution in [3.8, 4) is 0 Å². The highest BCUT2D eigenvalue weighted by molar-refractivity contribution is 7.99. The second kappa shape index (κ2) is 48.3. The van der Waals surface area contributed by atoms with Crippen LogP contribution in [0.3, 0.4) is 0 Å². The number of H-pyrrole nitrogens is 1. The van der Waals surface area contributed by atoms with Crippen molar-refractivity contribution in [3.05, 3.63) is 32.9 Å². The summed E-state index contributed by atoms with van der Waals surface area (Å²) in [5.74, 6) is -6.13. The minimum Gasteiger partial charge on any atom is -0.444 e. The van der Waals surface area contributed by atoms with Gasteiger partial charge in [0.15, 0.2) is 62.3 Å². The molecule has 700 valence electrons. The number of Topliss-reactive ketones (excluding diaryl/α,β-unsaturated/α-hetero) is 2. The lowest BCUT2D eigenvalue weighted by Gasteiger charge is -2.50. The predicted molar refractivity (Wildman–Crippen MR) is 399 cm³/mol. The first-order chi connectivity index (χ1) is 58.2. The Morgan fingerprint density at radius 1 is 0.467 bits per heavy atom. The molecule has 21 aliphatic heterocycles. The zero-order chi connectivity index (χ0) is 89.1. The molecule has 0 aromatic carbocycles. The van der Waals surface area contributed by atoms with Gasteiger partial charge < -0.3 is 194 Å². The van der Waals surface area contributed by atoms with Crippen LogP contribution in [0.25, 0.3) is 0 Å². The Hall–Kier alpha value is -4.38. The third kappa shape index (κ3) is 25.8. The average Bonchev–Trinajstić information content (AvgIpc) is 0.784. The number of carbonyl (C=O) groups excluding carboxylic acids is 5. The number of amides is 2. The number of aliphatic hydroxyl groups excluding tert-OH is 19. The maximum Gasteiger partial charge on any atom is 0.331 e. The van der Waals surface area contributed by atoms with Crippen LogP contribution in [0, 0.1) is 11.7 Å². The van der Waals surface area contributed by atoms with E-state index in [4.69, 9.17) is 80.5 Å². The van der Waals surface area contributed by atoms with Gasteiger partial charge in [0.05, 0.1) is 76.6 Å². The first-order valence-corrected chi connectivity index (χ1v) is 42.0. The Morgan fingerprint density at radius 3 is 1.16 bits per heavy atom. The van der Waals surface area contributed by atoms with Crippen molar-refractivity contribution >= 4 is 52.9 Å². The van der Waals surface area contributed by atoms with Gasteiger partial charge in [-0.3, -0.25) is 38.3 Å². The molecular weight excluding hydrogens is 1690 g/mol. The predicted octanol–water partition coefficient (Wildman–Crippen LogP) is -13.6. The van der Waals surface area contributed by atoms with E-state index in [0.717, 1.165) is 23.5 Å². The summed E-state index contributed by atoms with van der Waals surface area (Å²) in [6.07, 6.45) is -71.8. The van der Waals surface area contributed by atoms with Gasteiger partial charge in [0.1, 0.15) is 172 Å². The van der Waals surface area contributed by atoms with Crippen LogP contribution in [0.15, 0.2) is 15.8 Å². The quantitative estimate of drug-likeness (QED) is 0.0222. The minimum absolute atomic E-state index is 0.0311. The Labute approximate surface area is 703 Å². The number of nitrogens with one attached hydrogen (secondary N) is 4. The van der Waals surface area contributed by atoms with Crippen molar-refractivity contribution in [2.75, 3.05) is 103 Å². The number of likely N-dealkylation sites (N-methyl/N-ethyl adjacent to an activating group) is 1. The number of ketones is 2.